The van der Waals surface area contributed by atoms with Crippen LogP contribution in [0.5, 0.6) is 5.75 Å². The Morgan fingerprint density at radius 3 is 2.62 bits per heavy atom. The van der Waals surface area contributed by atoms with Gasteiger partial charge in [-0.25, -0.2) is 4.79 Å². The number of hydrogen-bond acceptors (Lipinski definition) is 4. The van der Waals surface area contributed by atoms with E-state index in [9.17, 15) is 9.59 Å². The molecule has 2 heterocycles. The Kier molecular flexibility index (Phi) is 6.72. The predicted molar refractivity (Wildman–Crippen MR) is 145 cm³/mol. The number of imide groups is 1. The van der Waals surface area contributed by atoms with E-state index >= 15 is 0 Å². The lowest BCUT2D eigenvalue weighted by molar-refractivity contribution is -0.123. The highest BCUT2D eigenvalue weighted by molar-refractivity contribution is 14.2. The highest BCUT2D eigenvalue weighted by atomic mass is 127. The Balaban J connectivity index is 1.84. The molecular weight excluding hydrogens is 563 g/mol. The molecule has 3 aromatic rings. The number of amides is 3. The van der Waals surface area contributed by atoms with Gasteiger partial charge in [-0.05, 0) is 48.8 Å². The molecule has 0 bridgehead atoms. The topological polar surface area (TPSA) is 76.7 Å². The normalized spacial score (nSPS) is 17.8. The lowest BCUT2D eigenvalue weighted by Gasteiger charge is -2.21. The maximum absolute atomic E-state index is 12.4. The molecule has 1 aliphatic heterocycles. The van der Waals surface area contributed by atoms with Crippen LogP contribution in [0.25, 0.3) is 27.6 Å². The van der Waals surface area contributed by atoms with Gasteiger partial charge < -0.3 is 10.1 Å². The third-order valence-electron chi connectivity index (χ3n) is 5.88. The molecule has 1 aromatic heterocycles. The molecule has 9 heteroatoms. The van der Waals surface area contributed by atoms with Crippen molar-refractivity contribution < 1.29 is 14.3 Å². The SMILES string of the molecule is C#[N+]c1c(/C=C(\C)c2cccc(C3(C)NC(=O)NC3=O)c2)c(-c2ccccc2OC)cn1SI. The van der Waals surface area contributed by atoms with Crippen molar-refractivity contribution >= 4 is 59.7 Å². The molecule has 2 aromatic carbocycles. The maximum Gasteiger partial charge on any atom is 0.405 e. The average Bonchev–Trinajstić information content (AvgIpc) is 3.34. The summed E-state index contributed by atoms with van der Waals surface area (Å²) in [6, 6.07) is 14.8. The minimum absolute atomic E-state index is 0.380. The number of methoxy groups -OCH3 is 1. The first kappa shape index (κ1) is 23.9. The highest BCUT2D eigenvalue weighted by Gasteiger charge is 2.43. The summed E-state index contributed by atoms with van der Waals surface area (Å²) in [6.07, 6.45) is 4.00. The van der Waals surface area contributed by atoms with Crippen LogP contribution in [0.2, 0.25) is 0 Å². The van der Waals surface area contributed by atoms with E-state index in [-0.39, 0.29) is 5.91 Å². The second-order valence-corrected chi connectivity index (χ2v) is 9.66. The minimum atomic E-state index is -1.13. The fourth-order valence-electron chi connectivity index (χ4n) is 4.01. The summed E-state index contributed by atoms with van der Waals surface area (Å²) in [5, 5.41) is 5.02. The molecular formula is C25H22IN4O3S+. The van der Waals surface area contributed by atoms with Gasteiger partial charge >= 0.3 is 11.8 Å². The van der Waals surface area contributed by atoms with Crippen LogP contribution in [0.3, 0.4) is 0 Å². The van der Waals surface area contributed by atoms with Crippen molar-refractivity contribution in [2.75, 3.05) is 7.11 Å². The predicted octanol–water partition coefficient (Wildman–Crippen LogP) is 6.22. The first-order valence-corrected chi connectivity index (χ1v) is 13.7. The van der Waals surface area contributed by atoms with Crippen LogP contribution in [-0.4, -0.2) is 23.0 Å². The second-order valence-electron chi connectivity index (χ2n) is 7.95. The molecule has 1 unspecified atom stereocenters. The van der Waals surface area contributed by atoms with Crippen molar-refractivity contribution in [3.05, 3.63) is 76.3 Å². The Hall–Kier alpha value is -3.23. The number of hydrogen-bond donors (Lipinski definition) is 2. The van der Waals surface area contributed by atoms with Crippen molar-refractivity contribution in [1.82, 2.24) is 14.6 Å². The number of nitrogens with one attached hydrogen (secondary N) is 2. The number of ether oxygens (including phenoxy) is 1. The minimum Gasteiger partial charge on any atom is -0.496 e. The van der Waals surface area contributed by atoms with Gasteiger partial charge in [-0.1, -0.05) is 36.4 Å². The average molecular weight is 585 g/mol. The van der Waals surface area contributed by atoms with E-state index in [2.05, 4.69) is 36.7 Å². The molecule has 7 nitrogen and oxygen atoms in total. The van der Waals surface area contributed by atoms with Gasteiger partial charge in [0, 0.05) is 11.1 Å². The van der Waals surface area contributed by atoms with E-state index in [1.807, 2.05) is 71.7 Å². The van der Waals surface area contributed by atoms with E-state index < -0.39 is 11.6 Å². The largest absolute Gasteiger partial charge is 0.496 e. The zero-order valence-electron chi connectivity index (χ0n) is 18.8. The Labute approximate surface area is 214 Å². The van der Waals surface area contributed by atoms with Crippen molar-refractivity contribution in [3.63, 3.8) is 0 Å². The fraction of sp³-hybridized carbons (Fsp3) is 0.160. The number of carbonyl (C=O) groups is 2. The Morgan fingerprint density at radius 2 is 1.97 bits per heavy atom. The van der Waals surface area contributed by atoms with E-state index in [4.69, 9.17) is 11.3 Å². The van der Waals surface area contributed by atoms with Crippen LogP contribution in [0.1, 0.15) is 30.5 Å². The van der Waals surface area contributed by atoms with Gasteiger partial charge in [0.05, 0.1) is 33.9 Å². The first-order valence-electron chi connectivity index (χ1n) is 10.3. The first-order chi connectivity index (χ1) is 16.3. The van der Waals surface area contributed by atoms with Gasteiger partial charge in [0.1, 0.15) is 33.2 Å². The van der Waals surface area contributed by atoms with Gasteiger partial charge in [0.25, 0.3) is 5.91 Å². The fourth-order valence-corrected chi connectivity index (χ4v) is 5.27. The smallest absolute Gasteiger partial charge is 0.405 e. The van der Waals surface area contributed by atoms with Gasteiger partial charge in [0.15, 0.2) is 0 Å². The van der Waals surface area contributed by atoms with Crippen molar-refractivity contribution in [2.24, 2.45) is 0 Å². The maximum atomic E-state index is 12.4. The molecule has 1 aliphatic rings. The quantitative estimate of drug-likeness (QED) is 0.266. The lowest BCUT2D eigenvalue weighted by atomic mass is 9.89. The van der Waals surface area contributed by atoms with E-state index in [0.717, 1.165) is 33.6 Å². The molecule has 0 aliphatic carbocycles. The monoisotopic (exact) mass is 585 g/mol. The number of halogens is 1. The van der Waals surface area contributed by atoms with Crippen LogP contribution in [0, 0.1) is 6.57 Å². The Morgan fingerprint density at radius 1 is 1.21 bits per heavy atom. The summed E-state index contributed by atoms with van der Waals surface area (Å²) in [7, 11) is 3.10. The molecule has 0 spiro atoms. The van der Waals surface area contributed by atoms with Gasteiger partial charge in [0.2, 0.25) is 0 Å². The number of allylic oxidation sites excluding steroid dienone is 1. The summed E-state index contributed by atoms with van der Waals surface area (Å²) in [5.74, 6) is 0.979. The summed E-state index contributed by atoms with van der Waals surface area (Å²) in [5.41, 5.74) is 4.09. The van der Waals surface area contributed by atoms with E-state index in [1.165, 1.54) is 9.12 Å². The Bertz CT molecular complexity index is 1370. The summed E-state index contributed by atoms with van der Waals surface area (Å²) in [4.78, 5) is 28.2. The van der Waals surface area contributed by atoms with Crippen LogP contribution >= 0.6 is 30.3 Å². The van der Waals surface area contributed by atoms with Crippen LogP contribution < -0.4 is 15.4 Å². The van der Waals surface area contributed by atoms with Crippen molar-refractivity contribution in [3.8, 4) is 23.4 Å². The van der Waals surface area contributed by atoms with Crippen molar-refractivity contribution in [2.45, 2.75) is 19.4 Å². The third kappa shape index (κ3) is 4.19. The highest BCUT2D eigenvalue weighted by Crippen LogP contribution is 2.42. The summed E-state index contributed by atoms with van der Waals surface area (Å²) in [6.45, 7) is 9.47. The number of benzene rings is 2. The molecule has 3 amide bonds. The van der Waals surface area contributed by atoms with Gasteiger partial charge in [-0.15, -0.1) is 3.97 Å². The number of nitrogens with zero attached hydrogens (tertiary/aromatic N) is 2. The summed E-state index contributed by atoms with van der Waals surface area (Å²) >= 11 is 2.19. The summed E-state index contributed by atoms with van der Waals surface area (Å²) < 4.78 is 7.49. The number of carbonyl (C=O) groups excluding carboxylic acids is 2. The van der Waals surface area contributed by atoms with Crippen molar-refractivity contribution in [1.29, 1.82) is 0 Å². The van der Waals surface area contributed by atoms with E-state index in [0.29, 0.717) is 11.4 Å². The molecule has 172 valence electrons. The van der Waals surface area contributed by atoms with Crippen LogP contribution in [0.15, 0.2) is 54.7 Å². The zero-order chi connectivity index (χ0) is 24.5. The molecule has 4 rings (SSSR count). The molecule has 1 saturated heterocycles. The molecule has 34 heavy (non-hydrogen) atoms. The molecule has 0 radical (unpaired) electrons. The number of para-hydroxylation sites is 1. The molecule has 1 fully saturated rings. The number of rotatable bonds is 6. The van der Waals surface area contributed by atoms with E-state index in [1.54, 1.807) is 14.0 Å². The number of aromatic nitrogens is 1. The van der Waals surface area contributed by atoms with Crippen LogP contribution in [-0.2, 0) is 10.3 Å². The van der Waals surface area contributed by atoms with Gasteiger partial charge in [-0.3, -0.25) is 10.1 Å². The van der Waals surface area contributed by atoms with Gasteiger partial charge in [-0.2, -0.15) is 4.85 Å². The second kappa shape index (κ2) is 9.56. The third-order valence-corrected chi connectivity index (χ3v) is 7.58. The standard InChI is InChI=1S/C25H21IN4O3S/c1-15(16-8-7-9-17(13-16)25(2)23(31)28-24(32)29-25)12-19-20(14-30(34-26)22(19)27-3)18-10-5-6-11-21(18)33-4/h3,5-14H,1-2,4H3,(H-,28,29,31,32)/p+1/b15-12+. The molecule has 0 saturated carbocycles. The molecule has 1 atom stereocenters. The van der Waals surface area contributed by atoms with Crippen LogP contribution in [0.4, 0.5) is 10.6 Å². The zero-order valence-corrected chi connectivity index (χ0v) is 21.7. The number of urea groups is 1. The lowest BCUT2D eigenvalue weighted by Crippen LogP contribution is -2.40. The molecule has 2 N–H and O–H groups in total.